The molecule has 0 amide bonds. The second-order valence-corrected chi connectivity index (χ2v) is 5.31. The first-order valence-electron chi connectivity index (χ1n) is 7.55. The van der Waals surface area contributed by atoms with Gasteiger partial charge in [-0.05, 0) is 31.5 Å². The summed E-state index contributed by atoms with van der Waals surface area (Å²) in [6.07, 6.45) is 6.65. The van der Waals surface area contributed by atoms with Crippen LogP contribution in [0.15, 0.2) is 49.1 Å². The topological polar surface area (TPSA) is 121 Å². The molecule has 0 saturated heterocycles. The molecule has 3 aromatic heterocycles. The number of rotatable bonds is 3. The van der Waals surface area contributed by atoms with Crippen molar-refractivity contribution in [3.8, 4) is 17.2 Å². The first kappa shape index (κ1) is 17.8. The number of nitrogen functional groups attached to an aromatic ring is 1. The number of aryl methyl sites for hydroxylation is 1. The summed E-state index contributed by atoms with van der Waals surface area (Å²) in [5.74, 6) is -0.297. The minimum absolute atomic E-state index is 0.148. The number of aromatic amines is 1. The van der Waals surface area contributed by atoms with Gasteiger partial charge in [0.2, 0.25) is 0 Å². The second kappa shape index (κ2) is 8.36. The zero-order valence-electron chi connectivity index (χ0n) is 14.0. The average Bonchev–Trinajstić information content (AvgIpc) is 2.96. The van der Waals surface area contributed by atoms with Gasteiger partial charge in [-0.1, -0.05) is 12.1 Å². The Hall–Kier alpha value is -3.53. The summed E-state index contributed by atoms with van der Waals surface area (Å²) >= 11 is 0. The Bertz CT molecular complexity index is 848. The first-order valence-corrected chi connectivity index (χ1v) is 7.55. The number of anilines is 1. The quantitative estimate of drug-likeness (QED) is 0.759. The lowest BCUT2D eigenvalue weighted by Gasteiger charge is -2.02. The van der Waals surface area contributed by atoms with Gasteiger partial charge in [0.25, 0.3) is 0 Å². The lowest BCUT2D eigenvalue weighted by molar-refractivity contribution is -0.117. The minimum atomic E-state index is -0.668. The molecule has 0 spiro atoms. The molecule has 0 fully saturated rings. The molecule has 126 valence electrons. The molecule has 3 rings (SSSR count). The lowest BCUT2D eigenvalue weighted by atomic mass is 9.99. The highest BCUT2D eigenvalue weighted by Crippen LogP contribution is 2.25. The van der Waals surface area contributed by atoms with E-state index in [9.17, 15) is 4.79 Å². The Balaban J connectivity index is 0.000000181. The van der Waals surface area contributed by atoms with E-state index in [1.807, 2.05) is 25.1 Å². The summed E-state index contributed by atoms with van der Waals surface area (Å²) in [5.41, 5.74) is 9.26. The van der Waals surface area contributed by atoms with Crippen LogP contribution in [-0.4, -0.2) is 25.9 Å². The van der Waals surface area contributed by atoms with Gasteiger partial charge in [-0.2, -0.15) is 10.4 Å². The van der Waals surface area contributed by atoms with Crippen molar-refractivity contribution < 1.29 is 4.79 Å². The van der Waals surface area contributed by atoms with Crippen LogP contribution in [-0.2, 0) is 4.79 Å². The van der Waals surface area contributed by atoms with Gasteiger partial charge < -0.3 is 5.73 Å². The van der Waals surface area contributed by atoms with E-state index < -0.39 is 5.92 Å². The summed E-state index contributed by atoms with van der Waals surface area (Å²) in [4.78, 5) is 18.8. The molecule has 0 bridgehead atoms. The van der Waals surface area contributed by atoms with Gasteiger partial charge in [-0.3, -0.25) is 19.9 Å². The summed E-state index contributed by atoms with van der Waals surface area (Å²) < 4.78 is 0. The second-order valence-electron chi connectivity index (χ2n) is 5.31. The predicted molar refractivity (Wildman–Crippen MR) is 94.2 cm³/mol. The summed E-state index contributed by atoms with van der Waals surface area (Å²) in [6, 6.07) is 9.20. The number of hydrogen-bond donors (Lipinski definition) is 2. The van der Waals surface area contributed by atoms with E-state index in [4.69, 9.17) is 11.0 Å². The van der Waals surface area contributed by atoms with Gasteiger partial charge in [0.05, 0.1) is 6.07 Å². The molecule has 25 heavy (non-hydrogen) atoms. The number of ketones is 1. The Morgan fingerprint density at radius 1 is 1.24 bits per heavy atom. The van der Waals surface area contributed by atoms with E-state index in [1.165, 1.54) is 13.1 Å². The standard InChI is InChI=1S/C9H10N4.C9H8N2O/c1-6-8(9(10)13-12-6)7-3-2-4-11-5-7;1-7(12)9(5-10)8-3-2-4-11-6-8/h2-5H,1H3,(H3,10,12,13);2-4,6,9H,1H3. The van der Waals surface area contributed by atoms with Crippen LogP contribution in [0.2, 0.25) is 0 Å². The third-order valence-corrected chi connectivity index (χ3v) is 3.48. The number of nitriles is 1. The van der Waals surface area contributed by atoms with E-state index >= 15 is 0 Å². The molecule has 3 N–H and O–H groups in total. The number of pyridine rings is 2. The molecule has 0 aliphatic carbocycles. The van der Waals surface area contributed by atoms with Crippen LogP contribution in [0.4, 0.5) is 5.82 Å². The fraction of sp³-hybridized carbons (Fsp3) is 0.167. The van der Waals surface area contributed by atoms with E-state index in [2.05, 4.69) is 20.2 Å². The normalized spacial score (nSPS) is 10.9. The first-order chi connectivity index (χ1) is 12.0. The SMILES string of the molecule is CC(=O)C(C#N)c1cccnc1.Cc1[nH]nc(N)c1-c1cccnc1. The lowest BCUT2D eigenvalue weighted by Crippen LogP contribution is -2.06. The number of Topliss-reactive ketones (excluding diaryl/α,β-unsaturated/α-hetero) is 1. The molecule has 1 atom stereocenters. The van der Waals surface area contributed by atoms with Crippen molar-refractivity contribution in [3.63, 3.8) is 0 Å². The zero-order chi connectivity index (χ0) is 18.2. The van der Waals surface area contributed by atoms with E-state index in [0.29, 0.717) is 11.4 Å². The maximum atomic E-state index is 10.9. The molecule has 3 aromatic rings. The van der Waals surface area contributed by atoms with Crippen LogP contribution in [0.25, 0.3) is 11.1 Å². The fourth-order valence-electron chi connectivity index (χ4n) is 2.27. The highest BCUT2D eigenvalue weighted by Gasteiger charge is 2.14. The van der Waals surface area contributed by atoms with Gasteiger partial charge in [-0.25, -0.2) is 0 Å². The van der Waals surface area contributed by atoms with Crippen molar-refractivity contribution in [2.45, 2.75) is 19.8 Å². The van der Waals surface area contributed by atoms with Crippen LogP contribution in [0, 0.1) is 18.3 Å². The third kappa shape index (κ3) is 4.48. The fourth-order valence-corrected chi connectivity index (χ4v) is 2.27. The summed E-state index contributed by atoms with van der Waals surface area (Å²) in [6.45, 7) is 3.34. The van der Waals surface area contributed by atoms with Gasteiger partial charge in [-0.15, -0.1) is 0 Å². The molecule has 7 heteroatoms. The van der Waals surface area contributed by atoms with Crippen molar-refractivity contribution in [2.75, 3.05) is 5.73 Å². The van der Waals surface area contributed by atoms with E-state index in [-0.39, 0.29) is 5.78 Å². The van der Waals surface area contributed by atoms with Crippen LogP contribution in [0.1, 0.15) is 24.1 Å². The van der Waals surface area contributed by atoms with Crippen molar-refractivity contribution in [1.82, 2.24) is 20.2 Å². The molecule has 0 aliphatic heterocycles. The smallest absolute Gasteiger partial charge is 0.153 e. The molecule has 0 aliphatic rings. The Labute approximate surface area is 145 Å². The largest absolute Gasteiger partial charge is 0.382 e. The Morgan fingerprint density at radius 3 is 2.36 bits per heavy atom. The van der Waals surface area contributed by atoms with Gasteiger partial charge in [0.1, 0.15) is 5.92 Å². The Kier molecular flexibility index (Phi) is 5.96. The van der Waals surface area contributed by atoms with Gasteiger partial charge in [0.15, 0.2) is 11.6 Å². The Morgan fingerprint density at radius 2 is 1.92 bits per heavy atom. The number of H-pyrrole nitrogens is 1. The van der Waals surface area contributed by atoms with E-state index in [1.54, 1.807) is 30.7 Å². The highest BCUT2D eigenvalue weighted by molar-refractivity contribution is 5.86. The summed E-state index contributed by atoms with van der Waals surface area (Å²) in [7, 11) is 0. The molecule has 7 nitrogen and oxygen atoms in total. The number of hydrogen-bond acceptors (Lipinski definition) is 6. The molecule has 0 radical (unpaired) electrons. The highest BCUT2D eigenvalue weighted by atomic mass is 16.1. The average molecular weight is 334 g/mol. The van der Waals surface area contributed by atoms with Crippen molar-refractivity contribution >= 4 is 11.6 Å². The van der Waals surface area contributed by atoms with Crippen molar-refractivity contribution in [3.05, 3.63) is 60.3 Å². The van der Waals surface area contributed by atoms with Gasteiger partial charge >= 0.3 is 0 Å². The minimum Gasteiger partial charge on any atom is -0.382 e. The van der Waals surface area contributed by atoms with E-state index in [0.717, 1.165) is 16.8 Å². The number of nitrogens with one attached hydrogen (secondary N) is 1. The maximum Gasteiger partial charge on any atom is 0.153 e. The molecular weight excluding hydrogens is 316 g/mol. The van der Waals surface area contributed by atoms with Crippen molar-refractivity contribution in [2.24, 2.45) is 0 Å². The number of nitrogens with two attached hydrogens (primary N) is 1. The zero-order valence-corrected chi connectivity index (χ0v) is 14.0. The number of nitrogens with zero attached hydrogens (tertiary/aromatic N) is 4. The predicted octanol–water partition coefficient (Wildman–Crippen LogP) is 2.64. The molecule has 0 saturated carbocycles. The van der Waals surface area contributed by atoms with Crippen LogP contribution >= 0.6 is 0 Å². The molecular formula is C18H18N6O. The summed E-state index contributed by atoms with van der Waals surface area (Å²) in [5, 5.41) is 15.4. The van der Waals surface area contributed by atoms with Crippen LogP contribution in [0.3, 0.4) is 0 Å². The van der Waals surface area contributed by atoms with Gasteiger partial charge in [0, 0.05) is 41.6 Å². The number of carbonyl (C=O) groups is 1. The van der Waals surface area contributed by atoms with Crippen LogP contribution in [0.5, 0.6) is 0 Å². The maximum absolute atomic E-state index is 10.9. The number of aromatic nitrogens is 4. The molecule has 3 heterocycles. The molecule has 0 aromatic carbocycles. The van der Waals surface area contributed by atoms with Crippen LogP contribution < -0.4 is 5.73 Å². The molecule has 1 unspecified atom stereocenters. The van der Waals surface area contributed by atoms with Crippen molar-refractivity contribution in [1.29, 1.82) is 5.26 Å². The number of carbonyl (C=O) groups excluding carboxylic acids is 1. The third-order valence-electron chi connectivity index (χ3n) is 3.48. The monoisotopic (exact) mass is 334 g/mol.